The van der Waals surface area contributed by atoms with Crippen molar-refractivity contribution >= 4 is 28.8 Å². The van der Waals surface area contributed by atoms with Crippen LogP contribution < -0.4 is 15.5 Å². The molecule has 0 atom stereocenters. The summed E-state index contributed by atoms with van der Waals surface area (Å²) in [5, 5.41) is 8.00. The fourth-order valence-corrected chi connectivity index (χ4v) is 3.83. The van der Waals surface area contributed by atoms with Gasteiger partial charge in [0, 0.05) is 31.4 Å². The van der Waals surface area contributed by atoms with E-state index in [1.54, 1.807) is 0 Å². The zero-order valence-electron chi connectivity index (χ0n) is 15.0. The first-order valence-corrected chi connectivity index (χ1v) is 10.0. The van der Waals surface area contributed by atoms with Crippen molar-refractivity contribution in [1.82, 2.24) is 10.6 Å². The average Bonchev–Trinajstić information content (AvgIpc) is 3.22. The van der Waals surface area contributed by atoms with Gasteiger partial charge in [-0.2, -0.15) is 0 Å². The van der Waals surface area contributed by atoms with Gasteiger partial charge in [0.25, 0.3) is 11.8 Å². The van der Waals surface area contributed by atoms with E-state index in [1.807, 2.05) is 48.7 Å². The van der Waals surface area contributed by atoms with Gasteiger partial charge in [-0.15, -0.1) is 11.3 Å². The molecule has 0 spiro atoms. The minimum absolute atomic E-state index is 0.0118. The van der Waals surface area contributed by atoms with Crippen LogP contribution in [0, 0.1) is 0 Å². The zero-order valence-corrected chi connectivity index (χ0v) is 15.8. The molecule has 3 rings (SSSR count). The predicted octanol–water partition coefficient (Wildman–Crippen LogP) is 3.29. The summed E-state index contributed by atoms with van der Waals surface area (Å²) in [6.07, 6.45) is 2.67. The van der Waals surface area contributed by atoms with Crippen LogP contribution in [-0.2, 0) is 0 Å². The molecule has 1 aromatic heterocycles. The highest BCUT2D eigenvalue weighted by atomic mass is 32.1. The van der Waals surface area contributed by atoms with E-state index in [0.29, 0.717) is 6.54 Å². The van der Waals surface area contributed by atoms with Crippen LogP contribution in [0.2, 0.25) is 0 Å². The summed E-state index contributed by atoms with van der Waals surface area (Å²) in [5.74, 6) is -0.00614. The molecule has 1 saturated heterocycles. The number of carbonyl (C=O) groups excluding carboxylic acids is 2. The number of benzene rings is 1. The van der Waals surface area contributed by atoms with Crippen molar-refractivity contribution in [3.8, 4) is 0 Å². The van der Waals surface area contributed by atoms with Gasteiger partial charge in [-0.05, 0) is 42.8 Å². The number of nitrogens with one attached hydrogen (secondary N) is 2. The van der Waals surface area contributed by atoms with E-state index in [4.69, 9.17) is 0 Å². The molecule has 2 amide bonds. The van der Waals surface area contributed by atoms with Gasteiger partial charge in [0.1, 0.15) is 0 Å². The Balaban J connectivity index is 1.60. The van der Waals surface area contributed by atoms with E-state index in [9.17, 15) is 9.59 Å². The van der Waals surface area contributed by atoms with Gasteiger partial charge in [-0.25, -0.2) is 0 Å². The monoisotopic (exact) mass is 371 g/mol. The third-order valence-electron chi connectivity index (χ3n) is 4.60. The normalized spacial score (nSPS) is 14.9. The molecule has 1 aromatic carbocycles. The maximum Gasteiger partial charge on any atom is 0.261 e. The fraction of sp³-hybridized carbons (Fsp3) is 0.400. The molecule has 6 heteroatoms. The van der Waals surface area contributed by atoms with Crippen LogP contribution in [0.5, 0.6) is 0 Å². The Hall–Kier alpha value is -2.34. The first-order valence-electron chi connectivity index (χ1n) is 9.15. The molecule has 0 unspecified atom stereocenters. The van der Waals surface area contributed by atoms with Crippen molar-refractivity contribution in [1.29, 1.82) is 0 Å². The van der Waals surface area contributed by atoms with Crippen molar-refractivity contribution in [2.45, 2.75) is 32.2 Å². The average molecular weight is 372 g/mol. The van der Waals surface area contributed by atoms with Crippen molar-refractivity contribution in [2.24, 2.45) is 0 Å². The van der Waals surface area contributed by atoms with E-state index < -0.39 is 0 Å². The molecule has 2 N–H and O–H groups in total. The summed E-state index contributed by atoms with van der Waals surface area (Å²) in [6, 6.07) is 11.7. The molecule has 2 aromatic rings. The number of anilines is 1. The van der Waals surface area contributed by atoms with E-state index in [-0.39, 0.29) is 17.9 Å². The highest BCUT2D eigenvalue weighted by Crippen LogP contribution is 2.24. The molecule has 0 saturated carbocycles. The largest absolute Gasteiger partial charge is 0.371 e. The van der Waals surface area contributed by atoms with Gasteiger partial charge in [0.05, 0.1) is 10.4 Å². The lowest BCUT2D eigenvalue weighted by molar-refractivity contribution is 0.0933. The van der Waals surface area contributed by atoms with Crippen molar-refractivity contribution < 1.29 is 9.59 Å². The first-order chi connectivity index (χ1) is 12.7. The minimum Gasteiger partial charge on any atom is -0.371 e. The molecule has 2 heterocycles. The van der Waals surface area contributed by atoms with Gasteiger partial charge in [-0.3, -0.25) is 9.59 Å². The third-order valence-corrected chi connectivity index (χ3v) is 5.47. The Morgan fingerprint density at radius 3 is 2.58 bits per heavy atom. The number of carbonyl (C=O) groups is 2. The Kier molecular flexibility index (Phi) is 6.28. The van der Waals surface area contributed by atoms with Gasteiger partial charge in [0.15, 0.2) is 0 Å². The third kappa shape index (κ3) is 4.43. The zero-order chi connectivity index (χ0) is 18.4. The maximum atomic E-state index is 12.4. The molecule has 5 nitrogen and oxygen atoms in total. The summed E-state index contributed by atoms with van der Waals surface area (Å²) in [5.41, 5.74) is 1.70. The predicted molar refractivity (Wildman–Crippen MR) is 106 cm³/mol. The Labute approximate surface area is 158 Å². The summed E-state index contributed by atoms with van der Waals surface area (Å²) in [4.78, 5) is 27.6. The lowest BCUT2D eigenvalue weighted by Gasteiger charge is -2.34. The van der Waals surface area contributed by atoms with Crippen LogP contribution in [0.1, 0.15) is 46.2 Å². The fourth-order valence-electron chi connectivity index (χ4n) is 3.20. The number of hydrogen-bond donors (Lipinski definition) is 2. The smallest absolute Gasteiger partial charge is 0.261 e. The quantitative estimate of drug-likeness (QED) is 0.819. The van der Waals surface area contributed by atoms with Gasteiger partial charge < -0.3 is 15.5 Å². The highest BCUT2D eigenvalue weighted by molar-refractivity contribution is 7.12. The summed E-state index contributed by atoms with van der Waals surface area (Å²) in [7, 11) is 0. The maximum absolute atomic E-state index is 12.4. The van der Waals surface area contributed by atoms with Crippen LogP contribution in [-0.4, -0.2) is 37.5 Å². The number of amides is 2. The van der Waals surface area contributed by atoms with E-state index in [0.717, 1.165) is 48.5 Å². The van der Waals surface area contributed by atoms with Crippen molar-refractivity contribution in [3.05, 3.63) is 52.2 Å². The highest BCUT2D eigenvalue weighted by Gasteiger charge is 2.24. The first kappa shape index (κ1) is 18.5. The molecule has 1 aliphatic heterocycles. The van der Waals surface area contributed by atoms with Crippen LogP contribution in [0.25, 0.3) is 0 Å². The minimum atomic E-state index is -0.0180. The number of para-hydroxylation sites is 1. The molecule has 0 aliphatic carbocycles. The standard InChI is InChI=1S/C20H25N3O2S/c1-2-11-21-19(24)16-6-3-4-7-17(16)23-12-9-15(10-13-23)22-20(25)18-8-5-14-26-18/h3-8,14-15H,2,9-13H2,1H3,(H,21,24)(H,22,25). The summed E-state index contributed by atoms with van der Waals surface area (Å²) in [6.45, 7) is 4.38. The number of thiophene rings is 1. The van der Waals surface area contributed by atoms with Crippen LogP contribution >= 0.6 is 11.3 Å². The topological polar surface area (TPSA) is 61.4 Å². The Bertz CT molecular complexity index is 737. The molecular weight excluding hydrogens is 346 g/mol. The van der Waals surface area contributed by atoms with E-state index >= 15 is 0 Å². The Morgan fingerprint density at radius 2 is 1.88 bits per heavy atom. The number of rotatable bonds is 6. The number of hydrogen-bond acceptors (Lipinski definition) is 4. The van der Waals surface area contributed by atoms with Crippen molar-refractivity contribution in [3.63, 3.8) is 0 Å². The molecule has 1 fully saturated rings. The van der Waals surface area contributed by atoms with Gasteiger partial charge >= 0.3 is 0 Å². The van der Waals surface area contributed by atoms with Gasteiger partial charge in [0.2, 0.25) is 0 Å². The Morgan fingerprint density at radius 1 is 1.12 bits per heavy atom. The molecule has 0 bridgehead atoms. The molecule has 0 radical (unpaired) electrons. The lowest BCUT2D eigenvalue weighted by atomic mass is 10.0. The second-order valence-electron chi connectivity index (χ2n) is 6.49. The van der Waals surface area contributed by atoms with Gasteiger partial charge in [-0.1, -0.05) is 25.1 Å². The molecule has 138 valence electrons. The summed E-state index contributed by atoms with van der Waals surface area (Å²) >= 11 is 1.46. The van der Waals surface area contributed by atoms with Crippen LogP contribution in [0.4, 0.5) is 5.69 Å². The number of piperidine rings is 1. The van der Waals surface area contributed by atoms with E-state index in [1.165, 1.54) is 11.3 Å². The SMILES string of the molecule is CCCNC(=O)c1ccccc1N1CCC(NC(=O)c2cccs2)CC1. The van der Waals surface area contributed by atoms with Crippen LogP contribution in [0.3, 0.4) is 0 Å². The van der Waals surface area contributed by atoms with Crippen molar-refractivity contribution in [2.75, 3.05) is 24.5 Å². The molecule has 26 heavy (non-hydrogen) atoms. The molecule has 1 aliphatic rings. The second-order valence-corrected chi connectivity index (χ2v) is 7.43. The lowest BCUT2D eigenvalue weighted by Crippen LogP contribution is -2.45. The van der Waals surface area contributed by atoms with Crippen LogP contribution in [0.15, 0.2) is 41.8 Å². The second kappa shape index (κ2) is 8.85. The summed E-state index contributed by atoms with van der Waals surface area (Å²) < 4.78 is 0. The molecular formula is C20H25N3O2S. The van der Waals surface area contributed by atoms with E-state index in [2.05, 4.69) is 15.5 Å². The number of nitrogens with zero attached hydrogens (tertiary/aromatic N) is 1.